The number of H-pyrrole nitrogens is 1. The lowest BCUT2D eigenvalue weighted by atomic mass is 10.2. The van der Waals surface area contributed by atoms with Crippen LogP contribution in [0.25, 0.3) is 10.9 Å². The average Bonchev–Trinajstić information content (AvgIpc) is 2.83. The number of fused-ring (bicyclic) bond motifs is 1. The van der Waals surface area contributed by atoms with Crippen LogP contribution in [-0.2, 0) is 10.0 Å². The number of nitrogens with one attached hydrogen (secondary N) is 2. The van der Waals surface area contributed by atoms with Crippen molar-refractivity contribution in [2.24, 2.45) is 0 Å². The summed E-state index contributed by atoms with van der Waals surface area (Å²) in [5, 5.41) is 0.849. The molecule has 96 valence electrons. The zero-order valence-electron chi connectivity index (χ0n) is 10.00. The van der Waals surface area contributed by atoms with Crippen molar-refractivity contribution in [3.63, 3.8) is 0 Å². The van der Waals surface area contributed by atoms with Crippen LogP contribution in [-0.4, -0.2) is 13.4 Å². The van der Waals surface area contributed by atoms with Crippen molar-refractivity contribution in [1.82, 2.24) is 4.98 Å². The molecule has 1 heterocycles. The third kappa shape index (κ3) is 2.20. The van der Waals surface area contributed by atoms with Gasteiger partial charge >= 0.3 is 0 Å². The first kappa shape index (κ1) is 11.8. The minimum atomic E-state index is -3.54. The Morgan fingerprint density at radius 2 is 1.58 bits per heavy atom. The predicted molar refractivity (Wildman–Crippen MR) is 75.5 cm³/mol. The Morgan fingerprint density at radius 3 is 2.37 bits per heavy atom. The SMILES string of the molecule is O=S(=O)(Nc1c[nH]c2ccccc12)c1ccccc1. The number of hydrogen-bond acceptors (Lipinski definition) is 2. The fraction of sp³-hybridized carbons (Fsp3) is 0. The van der Waals surface area contributed by atoms with Gasteiger partial charge in [-0.2, -0.15) is 0 Å². The maximum Gasteiger partial charge on any atom is 0.261 e. The van der Waals surface area contributed by atoms with Crippen LogP contribution in [0.2, 0.25) is 0 Å². The molecule has 0 atom stereocenters. The molecule has 5 heteroatoms. The summed E-state index contributed by atoms with van der Waals surface area (Å²) in [5.74, 6) is 0. The monoisotopic (exact) mass is 272 g/mol. The Balaban J connectivity index is 2.02. The van der Waals surface area contributed by atoms with Crippen LogP contribution in [0.15, 0.2) is 65.7 Å². The first-order valence-electron chi connectivity index (χ1n) is 5.81. The van der Waals surface area contributed by atoms with Crippen LogP contribution in [0.1, 0.15) is 0 Å². The maximum atomic E-state index is 12.2. The van der Waals surface area contributed by atoms with Crippen molar-refractivity contribution < 1.29 is 8.42 Å². The number of rotatable bonds is 3. The van der Waals surface area contributed by atoms with Gasteiger partial charge in [0.1, 0.15) is 0 Å². The molecule has 3 rings (SSSR count). The number of hydrogen-bond donors (Lipinski definition) is 2. The summed E-state index contributed by atoms with van der Waals surface area (Å²) in [5.41, 5.74) is 1.45. The van der Waals surface area contributed by atoms with E-state index in [4.69, 9.17) is 0 Å². The highest BCUT2D eigenvalue weighted by molar-refractivity contribution is 7.92. The largest absolute Gasteiger partial charge is 0.359 e. The van der Waals surface area contributed by atoms with E-state index in [1.165, 1.54) is 0 Å². The van der Waals surface area contributed by atoms with Crippen molar-refractivity contribution in [2.45, 2.75) is 4.90 Å². The molecule has 0 saturated carbocycles. The zero-order chi connectivity index (χ0) is 13.3. The predicted octanol–water partition coefficient (Wildman–Crippen LogP) is 2.97. The lowest BCUT2D eigenvalue weighted by Crippen LogP contribution is -2.12. The maximum absolute atomic E-state index is 12.2. The van der Waals surface area contributed by atoms with Crippen LogP contribution >= 0.6 is 0 Å². The molecule has 0 amide bonds. The van der Waals surface area contributed by atoms with Gasteiger partial charge in [0, 0.05) is 17.1 Å². The molecule has 1 aromatic heterocycles. The van der Waals surface area contributed by atoms with E-state index in [1.54, 1.807) is 36.5 Å². The van der Waals surface area contributed by atoms with Crippen LogP contribution in [0.5, 0.6) is 0 Å². The van der Waals surface area contributed by atoms with E-state index in [-0.39, 0.29) is 4.90 Å². The van der Waals surface area contributed by atoms with E-state index in [9.17, 15) is 8.42 Å². The van der Waals surface area contributed by atoms with Gasteiger partial charge in [-0.25, -0.2) is 8.42 Å². The summed E-state index contributed by atoms with van der Waals surface area (Å²) >= 11 is 0. The number of benzene rings is 2. The van der Waals surface area contributed by atoms with Gasteiger partial charge in [0.25, 0.3) is 10.0 Å². The molecule has 0 unspecified atom stereocenters. The molecule has 0 aliphatic rings. The third-order valence-corrected chi connectivity index (χ3v) is 4.27. The third-order valence-electron chi connectivity index (χ3n) is 2.89. The van der Waals surface area contributed by atoms with Crippen molar-refractivity contribution in [2.75, 3.05) is 4.72 Å². The smallest absolute Gasteiger partial charge is 0.261 e. The van der Waals surface area contributed by atoms with Crippen LogP contribution in [0, 0.1) is 0 Å². The molecular weight excluding hydrogens is 260 g/mol. The summed E-state index contributed by atoms with van der Waals surface area (Å²) in [6.45, 7) is 0. The molecular formula is C14H12N2O2S. The quantitative estimate of drug-likeness (QED) is 0.770. The highest BCUT2D eigenvalue weighted by Gasteiger charge is 2.15. The van der Waals surface area contributed by atoms with Crippen molar-refractivity contribution in [1.29, 1.82) is 0 Å². The Kier molecular flexibility index (Phi) is 2.76. The lowest BCUT2D eigenvalue weighted by molar-refractivity contribution is 0.601. The molecule has 0 aliphatic heterocycles. The summed E-state index contributed by atoms with van der Waals surface area (Å²) < 4.78 is 27.0. The topological polar surface area (TPSA) is 62.0 Å². The van der Waals surface area contributed by atoms with Crippen LogP contribution in [0.4, 0.5) is 5.69 Å². The molecule has 0 spiro atoms. The molecule has 2 N–H and O–H groups in total. The molecule has 2 aromatic carbocycles. The zero-order valence-corrected chi connectivity index (χ0v) is 10.8. The van der Waals surface area contributed by atoms with Crippen molar-refractivity contribution >= 4 is 26.6 Å². The number of aromatic nitrogens is 1. The van der Waals surface area contributed by atoms with E-state index < -0.39 is 10.0 Å². The summed E-state index contributed by atoms with van der Waals surface area (Å²) in [6.07, 6.45) is 1.66. The molecule has 19 heavy (non-hydrogen) atoms. The van der Waals surface area contributed by atoms with E-state index in [1.807, 2.05) is 24.3 Å². The van der Waals surface area contributed by atoms with Gasteiger partial charge in [0.15, 0.2) is 0 Å². The molecule has 0 radical (unpaired) electrons. The molecule has 3 aromatic rings. The molecule has 0 saturated heterocycles. The van der Waals surface area contributed by atoms with Gasteiger partial charge in [-0.05, 0) is 18.2 Å². The highest BCUT2D eigenvalue weighted by Crippen LogP contribution is 2.25. The van der Waals surface area contributed by atoms with E-state index in [0.717, 1.165) is 10.9 Å². The van der Waals surface area contributed by atoms with E-state index in [2.05, 4.69) is 9.71 Å². The van der Waals surface area contributed by atoms with Gasteiger partial charge in [-0.1, -0.05) is 36.4 Å². The van der Waals surface area contributed by atoms with Gasteiger partial charge in [0.2, 0.25) is 0 Å². The summed E-state index contributed by atoms with van der Waals surface area (Å²) in [7, 11) is -3.54. The second kappa shape index (κ2) is 4.44. The first-order chi connectivity index (χ1) is 9.17. The Hall–Kier alpha value is -2.27. The molecule has 0 aliphatic carbocycles. The average molecular weight is 272 g/mol. The number of aromatic amines is 1. The minimum absolute atomic E-state index is 0.250. The standard InChI is InChI=1S/C14H12N2O2S/c17-19(18,11-6-2-1-3-7-11)16-14-10-15-13-9-5-4-8-12(13)14/h1-10,15-16H. The molecule has 4 nitrogen and oxygen atoms in total. The number of para-hydroxylation sites is 1. The Morgan fingerprint density at radius 1 is 0.895 bits per heavy atom. The highest BCUT2D eigenvalue weighted by atomic mass is 32.2. The number of anilines is 1. The van der Waals surface area contributed by atoms with Gasteiger partial charge < -0.3 is 4.98 Å². The van der Waals surface area contributed by atoms with Gasteiger partial charge in [-0.15, -0.1) is 0 Å². The fourth-order valence-electron chi connectivity index (χ4n) is 1.96. The minimum Gasteiger partial charge on any atom is -0.359 e. The van der Waals surface area contributed by atoms with Crippen LogP contribution in [0.3, 0.4) is 0 Å². The second-order valence-electron chi connectivity index (χ2n) is 4.17. The van der Waals surface area contributed by atoms with Crippen molar-refractivity contribution in [3.8, 4) is 0 Å². The summed E-state index contributed by atoms with van der Waals surface area (Å²) in [6, 6.07) is 15.8. The van der Waals surface area contributed by atoms with Gasteiger partial charge in [0.05, 0.1) is 10.6 Å². The molecule has 0 bridgehead atoms. The van der Waals surface area contributed by atoms with Crippen LogP contribution < -0.4 is 4.72 Å². The lowest BCUT2D eigenvalue weighted by Gasteiger charge is -2.06. The summed E-state index contributed by atoms with van der Waals surface area (Å²) in [4.78, 5) is 3.29. The Bertz CT molecular complexity index is 808. The van der Waals surface area contributed by atoms with E-state index >= 15 is 0 Å². The second-order valence-corrected chi connectivity index (χ2v) is 5.85. The first-order valence-corrected chi connectivity index (χ1v) is 7.29. The normalized spacial score (nSPS) is 11.6. The molecule has 0 fully saturated rings. The van der Waals surface area contributed by atoms with Crippen molar-refractivity contribution in [3.05, 3.63) is 60.8 Å². The fourth-order valence-corrected chi connectivity index (χ4v) is 3.05. The van der Waals surface area contributed by atoms with E-state index in [0.29, 0.717) is 5.69 Å². The number of sulfonamides is 1. The Labute approximate surface area is 111 Å². The van der Waals surface area contributed by atoms with Gasteiger partial charge in [-0.3, -0.25) is 4.72 Å².